The average molecular weight is 366 g/mol. The van der Waals surface area contributed by atoms with Gasteiger partial charge in [-0.15, -0.1) is 0 Å². The molecular formula is C25H22N2O. The standard InChI is InChI=1S/C25H22N2O/c1-19-8-13-24(27(19)23-14-16-25(28-2)17-15-23)18-26-22-11-9-21(10-12-22)20-6-4-3-5-7-20/h3-18H,1-2H3. The maximum atomic E-state index is 5.26. The summed E-state index contributed by atoms with van der Waals surface area (Å²) < 4.78 is 7.44. The quantitative estimate of drug-likeness (QED) is 0.386. The molecule has 0 fully saturated rings. The molecule has 4 aromatic rings. The van der Waals surface area contributed by atoms with Gasteiger partial charge < -0.3 is 9.30 Å². The first-order chi connectivity index (χ1) is 13.7. The number of hydrogen-bond donors (Lipinski definition) is 0. The zero-order valence-electron chi connectivity index (χ0n) is 16.0. The van der Waals surface area contributed by atoms with Crippen molar-refractivity contribution < 1.29 is 4.74 Å². The summed E-state index contributed by atoms with van der Waals surface area (Å²) in [5, 5.41) is 0. The van der Waals surface area contributed by atoms with Gasteiger partial charge in [-0.25, -0.2) is 0 Å². The molecule has 0 saturated heterocycles. The van der Waals surface area contributed by atoms with Gasteiger partial charge in [-0.1, -0.05) is 42.5 Å². The molecule has 1 heterocycles. The summed E-state index contributed by atoms with van der Waals surface area (Å²) in [6.45, 7) is 2.09. The van der Waals surface area contributed by atoms with Crippen molar-refractivity contribution in [2.24, 2.45) is 4.99 Å². The normalized spacial score (nSPS) is 11.1. The number of aromatic nitrogens is 1. The van der Waals surface area contributed by atoms with Crippen LogP contribution in [0, 0.1) is 6.92 Å². The van der Waals surface area contributed by atoms with Crippen LogP contribution in [0.5, 0.6) is 5.75 Å². The number of nitrogens with zero attached hydrogens (tertiary/aromatic N) is 2. The molecule has 0 bridgehead atoms. The van der Waals surface area contributed by atoms with Gasteiger partial charge in [-0.3, -0.25) is 4.99 Å². The highest BCUT2D eigenvalue weighted by Gasteiger charge is 2.06. The summed E-state index contributed by atoms with van der Waals surface area (Å²) >= 11 is 0. The number of methoxy groups -OCH3 is 1. The fraction of sp³-hybridized carbons (Fsp3) is 0.0800. The van der Waals surface area contributed by atoms with E-state index in [1.54, 1.807) is 7.11 Å². The minimum atomic E-state index is 0.849. The Bertz CT molecular complexity index is 1080. The molecule has 0 aliphatic carbocycles. The van der Waals surface area contributed by atoms with Crippen LogP contribution in [0.25, 0.3) is 16.8 Å². The summed E-state index contributed by atoms with van der Waals surface area (Å²) in [6, 6.07) is 30.9. The van der Waals surface area contributed by atoms with Crippen LogP contribution in [-0.2, 0) is 0 Å². The number of aliphatic imine (C=N–C) groups is 1. The smallest absolute Gasteiger partial charge is 0.119 e. The average Bonchev–Trinajstić information content (AvgIpc) is 3.13. The molecule has 1 aromatic heterocycles. The lowest BCUT2D eigenvalue weighted by molar-refractivity contribution is 0.414. The van der Waals surface area contributed by atoms with Gasteiger partial charge in [-0.2, -0.15) is 0 Å². The first-order valence-corrected chi connectivity index (χ1v) is 9.27. The molecule has 138 valence electrons. The van der Waals surface area contributed by atoms with Gasteiger partial charge in [0.1, 0.15) is 5.75 Å². The number of ether oxygens (including phenoxy) is 1. The SMILES string of the molecule is COc1ccc(-n2c(C)ccc2C=Nc2ccc(-c3ccccc3)cc2)cc1. The highest BCUT2D eigenvalue weighted by Crippen LogP contribution is 2.23. The topological polar surface area (TPSA) is 26.5 Å². The predicted molar refractivity (Wildman–Crippen MR) is 116 cm³/mol. The van der Waals surface area contributed by atoms with Gasteiger partial charge in [0.05, 0.1) is 24.7 Å². The fourth-order valence-electron chi connectivity index (χ4n) is 3.25. The molecule has 0 N–H and O–H groups in total. The Morgan fingerprint density at radius 3 is 2.11 bits per heavy atom. The van der Waals surface area contributed by atoms with Crippen LogP contribution >= 0.6 is 0 Å². The van der Waals surface area contributed by atoms with Crippen LogP contribution in [0.3, 0.4) is 0 Å². The molecule has 0 amide bonds. The maximum absolute atomic E-state index is 5.26. The van der Waals surface area contributed by atoms with E-state index >= 15 is 0 Å². The van der Waals surface area contributed by atoms with Gasteiger partial charge in [-0.05, 0) is 66.6 Å². The summed E-state index contributed by atoms with van der Waals surface area (Å²) in [4.78, 5) is 4.67. The molecular weight excluding hydrogens is 344 g/mol. The molecule has 3 heteroatoms. The Kier molecular flexibility index (Phi) is 5.07. The second-order valence-electron chi connectivity index (χ2n) is 6.60. The van der Waals surface area contributed by atoms with Crippen molar-refractivity contribution in [2.75, 3.05) is 7.11 Å². The Labute approximate surface area is 165 Å². The third-order valence-corrected chi connectivity index (χ3v) is 4.76. The van der Waals surface area contributed by atoms with E-state index in [0.717, 1.165) is 28.5 Å². The lowest BCUT2D eigenvalue weighted by Crippen LogP contribution is -2.01. The molecule has 28 heavy (non-hydrogen) atoms. The van der Waals surface area contributed by atoms with Crippen LogP contribution in [-0.4, -0.2) is 17.9 Å². The first-order valence-electron chi connectivity index (χ1n) is 9.27. The van der Waals surface area contributed by atoms with Crippen molar-refractivity contribution in [2.45, 2.75) is 6.92 Å². The summed E-state index contributed by atoms with van der Waals surface area (Å²) in [7, 11) is 1.68. The molecule has 0 spiro atoms. The Morgan fingerprint density at radius 2 is 1.43 bits per heavy atom. The van der Waals surface area contributed by atoms with E-state index in [9.17, 15) is 0 Å². The van der Waals surface area contributed by atoms with Gasteiger partial charge >= 0.3 is 0 Å². The van der Waals surface area contributed by atoms with E-state index in [2.05, 4.69) is 77.1 Å². The van der Waals surface area contributed by atoms with Gasteiger partial charge in [0.2, 0.25) is 0 Å². The van der Waals surface area contributed by atoms with Crippen LogP contribution < -0.4 is 4.74 Å². The first kappa shape index (κ1) is 17.8. The Balaban J connectivity index is 1.58. The zero-order valence-corrected chi connectivity index (χ0v) is 16.0. The van der Waals surface area contributed by atoms with Crippen molar-refractivity contribution >= 4 is 11.9 Å². The van der Waals surface area contributed by atoms with Crippen LogP contribution in [0.2, 0.25) is 0 Å². The van der Waals surface area contributed by atoms with E-state index in [1.165, 1.54) is 11.1 Å². The number of aryl methyl sites for hydroxylation is 1. The van der Waals surface area contributed by atoms with Gasteiger partial charge in [0, 0.05) is 11.4 Å². The molecule has 0 aliphatic heterocycles. The lowest BCUT2D eigenvalue weighted by atomic mass is 10.1. The molecule has 0 aliphatic rings. The third-order valence-electron chi connectivity index (χ3n) is 4.76. The molecule has 4 rings (SSSR count). The largest absolute Gasteiger partial charge is 0.497 e. The lowest BCUT2D eigenvalue weighted by Gasteiger charge is -2.10. The number of rotatable bonds is 5. The van der Waals surface area contributed by atoms with Gasteiger partial charge in [0.25, 0.3) is 0 Å². The van der Waals surface area contributed by atoms with Crippen molar-refractivity contribution in [3.05, 3.63) is 102 Å². The minimum Gasteiger partial charge on any atom is -0.497 e. The zero-order chi connectivity index (χ0) is 19.3. The fourth-order valence-corrected chi connectivity index (χ4v) is 3.25. The van der Waals surface area contributed by atoms with E-state index in [1.807, 2.05) is 36.5 Å². The van der Waals surface area contributed by atoms with Crippen molar-refractivity contribution in [1.82, 2.24) is 4.57 Å². The maximum Gasteiger partial charge on any atom is 0.119 e. The van der Waals surface area contributed by atoms with Crippen molar-refractivity contribution in [1.29, 1.82) is 0 Å². The van der Waals surface area contributed by atoms with E-state index < -0.39 is 0 Å². The molecule has 0 atom stereocenters. The summed E-state index contributed by atoms with van der Waals surface area (Å²) in [5.41, 5.74) is 6.61. The van der Waals surface area contributed by atoms with E-state index in [4.69, 9.17) is 4.74 Å². The third kappa shape index (κ3) is 3.74. The van der Waals surface area contributed by atoms with Crippen molar-refractivity contribution in [3.8, 4) is 22.6 Å². The highest BCUT2D eigenvalue weighted by atomic mass is 16.5. The van der Waals surface area contributed by atoms with E-state index in [0.29, 0.717) is 0 Å². The summed E-state index contributed by atoms with van der Waals surface area (Å²) in [5.74, 6) is 0.849. The van der Waals surface area contributed by atoms with Crippen LogP contribution in [0.15, 0.2) is 96.0 Å². The minimum absolute atomic E-state index is 0.849. The summed E-state index contributed by atoms with van der Waals surface area (Å²) in [6.07, 6.45) is 1.91. The highest BCUT2D eigenvalue weighted by molar-refractivity contribution is 5.82. The molecule has 0 saturated carbocycles. The number of hydrogen-bond acceptors (Lipinski definition) is 2. The Morgan fingerprint density at radius 1 is 0.750 bits per heavy atom. The molecule has 0 unspecified atom stereocenters. The second kappa shape index (κ2) is 7.97. The molecule has 0 radical (unpaired) electrons. The number of benzene rings is 3. The monoisotopic (exact) mass is 366 g/mol. The molecule has 3 aromatic carbocycles. The van der Waals surface area contributed by atoms with Gasteiger partial charge in [0.15, 0.2) is 0 Å². The van der Waals surface area contributed by atoms with Crippen molar-refractivity contribution in [3.63, 3.8) is 0 Å². The van der Waals surface area contributed by atoms with Crippen LogP contribution in [0.4, 0.5) is 5.69 Å². The Hall–Kier alpha value is -3.59. The van der Waals surface area contributed by atoms with E-state index in [-0.39, 0.29) is 0 Å². The molecule has 3 nitrogen and oxygen atoms in total. The second-order valence-corrected chi connectivity index (χ2v) is 6.60. The predicted octanol–water partition coefficient (Wildman–Crippen LogP) is 6.21. The van der Waals surface area contributed by atoms with Crippen LogP contribution in [0.1, 0.15) is 11.4 Å².